The van der Waals surface area contributed by atoms with E-state index in [1.165, 1.54) is 46.3 Å². The number of halogens is 1. The van der Waals surface area contributed by atoms with Gasteiger partial charge in [0, 0.05) is 27.2 Å². The second kappa shape index (κ2) is 16.6. The molecule has 0 heterocycles. The maximum atomic E-state index is 13.7. The van der Waals surface area contributed by atoms with Gasteiger partial charge in [0.05, 0.1) is 39.4 Å². The average molecular weight is 690 g/mol. The largest absolute Gasteiger partial charge is 0.495 e. The summed E-state index contributed by atoms with van der Waals surface area (Å²) in [5.41, 5.74) is 2.63. The van der Waals surface area contributed by atoms with Gasteiger partial charge in [-0.25, -0.2) is 0 Å². The van der Waals surface area contributed by atoms with E-state index in [-0.39, 0.29) is 11.6 Å². The number of nitrogens with one attached hydrogen (secondary N) is 3. The lowest BCUT2D eigenvalue weighted by Gasteiger charge is -2.16. The van der Waals surface area contributed by atoms with Crippen molar-refractivity contribution in [1.82, 2.24) is 5.32 Å². The minimum atomic E-state index is -0.578. The van der Waals surface area contributed by atoms with E-state index in [0.29, 0.717) is 50.5 Å². The van der Waals surface area contributed by atoms with E-state index in [4.69, 9.17) is 30.5 Å². The Labute approximate surface area is 288 Å². The molecule has 0 aliphatic heterocycles. The van der Waals surface area contributed by atoms with Crippen molar-refractivity contribution in [1.29, 1.82) is 0 Å². The van der Waals surface area contributed by atoms with Gasteiger partial charge in [-0.15, -0.1) is 11.8 Å². The summed E-state index contributed by atoms with van der Waals surface area (Å²) in [6.07, 6.45) is 1.51. The normalized spacial score (nSPS) is 11.6. The molecule has 0 fully saturated rings. The van der Waals surface area contributed by atoms with Crippen LogP contribution in [-0.4, -0.2) is 51.4 Å². The number of thioether (sulfide) groups is 1. The Morgan fingerprint density at radius 2 is 1.46 bits per heavy atom. The van der Waals surface area contributed by atoms with E-state index in [1.54, 1.807) is 79.7 Å². The van der Waals surface area contributed by atoms with E-state index in [1.807, 2.05) is 13.0 Å². The molecule has 3 amide bonds. The number of amides is 3. The van der Waals surface area contributed by atoms with Gasteiger partial charge in [-0.3, -0.25) is 14.4 Å². The highest BCUT2D eigenvalue weighted by Crippen LogP contribution is 2.39. The molecule has 4 rings (SSSR count). The molecular formula is C36H36ClN3O7S. The summed E-state index contributed by atoms with van der Waals surface area (Å²) >= 11 is 7.51. The fourth-order valence-corrected chi connectivity index (χ4v) is 5.64. The molecule has 0 aliphatic rings. The molecule has 3 N–H and O–H groups in total. The monoisotopic (exact) mass is 689 g/mol. The van der Waals surface area contributed by atoms with Gasteiger partial charge in [-0.1, -0.05) is 35.9 Å². The first-order valence-corrected chi connectivity index (χ1v) is 15.9. The Kier molecular flexibility index (Phi) is 12.4. The predicted molar refractivity (Wildman–Crippen MR) is 190 cm³/mol. The second-order valence-corrected chi connectivity index (χ2v) is 12.2. The molecule has 0 aliphatic carbocycles. The molecular weight excluding hydrogens is 654 g/mol. The molecule has 4 aromatic carbocycles. The number of benzene rings is 4. The summed E-state index contributed by atoms with van der Waals surface area (Å²) in [6, 6.07) is 22.3. The van der Waals surface area contributed by atoms with Crippen molar-refractivity contribution >= 4 is 58.5 Å². The molecule has 0 aromatic heterocycles. The van der Waals surface area contributed by atoms with Crippen LogP contribution in [0.4, 0.5) is 11.4 Å². The van der Waals surface area contributed by atoms with Crippen molar-refractivity contribution in [3.63, 3.8) is 0 Å². The highest BCUT2D eigenvalue weighted by molar-refractivity contribution is 8.00. The van der Waals surface area contributed by atoms with Crippen LogP contribution in [0.1, 0.15) is 28.4 Å². The molecule has 0 spiro atoms. The SMILES string of the molecule is COc1cc(Cl)c(C)cc1NC(=O)C(C)Sc1cccc(NC(=O)/C(=C\c2cc(OC)c(OC)c(OC)c2)NC(=O)c2ccccc2)c1. The van der Waals surface area contributed by atoms with Crippen LogP contribution in [0.5, 0.6) is 23.0 Å². The minimum absolute atomic E-state index is 0.0314. The Morgan fingerprint density at radius 1 is 0.792 bits per heavy atom. The van der Waals surface area contributed by atoms with Crippen LogP contribution in [0.25, 0.3) is 6.08 Å². The summed E-state index contributed by atoms with van der Waals surface area (Å²) in [7, 11) is 5.97. The highest BCUT2D eigenvalue weighted by atomic mass is 35.5. The number of aryl methyl sites for hydroxylation is 1. The lowest BCUT2D eigenvalue weighted by Crippen LogP contribution is -2.30. The number of carbonyl (C=O) groups excluding carboxylic acids is 3. The molecule has 1 atom stereocenters. The van der Waals surface area contributed by atoms with Gasteiger partial charge in [0.2, 0.25) is 11.7 Å². The van der Waals surface area contributed by atoms with Crippen LogP contribution in [0.2, 0.25) is 5.02 Å². The molecule has 250 valence electrons. The third-order valence-corrected chi connectivity index (χ3v) is 8.54. The highest BCUT2D eigenvalue weighted by Gasteiger charge is 2.20. The summed E-state index contributed by atoms with van der Waals surface area (Å²) in [6.45, 7) is 3.62. The van der Waals surface area contributed by atoms with Crippen LogP contribution in [0, 0.1) is 6.92 Å². The number of ether oxygens (including phenoxy) is 4. The number of hydrogen-bond donors (Lipinski definition) is 3. The third kappa shape index (κ3) is 9.02. The molecule has 12 heteroatoms. The van der Waals surface area contributed by atoms with Crippen molar-refractivity contribution in [3.05, 3.63) is 106 Å². The van der Waals surface area contributed by atoms with E-state index >= 15 is 0 Å². The van der Waals surface area contributed by atoms with Crippen molar-refractivity contribution in [2.24, 2.45) is 0 Å². The number of methoxy groups -OCH3 is 4. The maximum Gasteiger partial charge on any atom is 0.272 e. The number of anilines is 2. The second-order valence-electron chi connectivity index (χ2n) is 10.4. The lowest BCUT2D eigenvalue weighted by atomic mass is 10.1. The Balaban J connectivity index is 1.56. The first-order chi connectivity index (χ1) is 23.1. The van der Waals surface area contributed by atoms with Crippen molar-refractivity contribution in [2.45, 2.75) is 24.0 Å². The number of carbonyl (C=O) groups is 3. The zero-order valence-corrected chi connectivity index (χ0v) is 28.9. The summed E-state index contributed by atoms with van der Waals surface area (Å²) in [4.78, 5) is 40.7. The first-order valence-electron chi connectivity index (χ1n) is 14.7. The standard InChI is InChI=1S/C36H36ClN3O7S/c1-21-15-28(30(44-3)20-27(21)37)39-34(41)22(2)48-26-14-10-13-25(19-26)38-36(43)29(40-35(42)24-11-8-7-9-12-24)16-23-17-31(45-4)33(47-6)32(18-23)46-5/h7-20,22H,1-6H3,(H,38,43)(H,39,41)(H,40,42)/b29-16+. The van der Waals surface area contributed by atoms with Gasteiger partial charge in [-0.05, 0) is 79.6 Å². The molecule has 48 heavy (non-hydrogen) atoms. The zero-order chi connectivity index (χ0) is 34.8. The molecule has 0 bridgehead atoms. The van der Waals surface area contributed by atoms with E-state index in [0.717, 1.165) is 10.5 Å². The molecule has 1 unspecified atom stereocenters. The Hall–Kier alpha value is -5.13. The van der Waals surface area contributed by atoms with Gasteiger partial charge in [0.1, 0.15) is 11.4 Å². The smallest absolute Gasteiger partial charge is 0.272 e. The van der Waals surface area contributed by atoms with Gasteiger partial charge >= 0.3 is 0 Å². The summed E-state index contributed by atoms with van der Waals surface area (Å²) in [5.74, 6) is 0.308. The first kappa shape index (κ1) is 35.7. The molecule has 0 saturated carbocycles. The van der Waals surface area contributed by atoms with E-state index < -0.39 is 17.1 Å². The number of rotatable bonds is 13. The third-order valence-electron chi connectivity index (χ3n) is 7.04. The van der Waals surface area contributed by atoms with Crippen molar-refractivity contribution in [3.8, 4) is 23.0 Å². The molecule has 4 aromatic rings. The Morgan fingerprint density at radius 3 is 2.08 bits per heavy atom. The zero-order valence-electron chi connectivity index (χ0n) is 27.3. The summed E-state index contributed by atoms with van der Waals surface area (Å²) < 4.78 is 21.7. The molecule has 0 saturated heterocycles. The predicted octanol–water partition coefficient (Wildman–Crippen LogP) is 7.21. The maximum absolute atomic E-state index is 13.7. The van der Waals surface area contributed by atoms with Crippen molar-refractivity contribution in [2.75, 3.05) is 39.1 Å². The van der Waals surface area contributed by atoms with Gasteiger partial charge in [0.15, 0.2) is 11.5 Å². The van der Waals surface area contributed by atoms with Crippen LogP contribution in [0.3, 0.4) is 0 Å². The van der Waals surface area contributed by atoms with Crippen LogP contribution in [-0.2, 0) is 9.59 Å². The van der Waals surface area contributed by atoms with Crippen LogP contribution in [0.15, 0.2) is 89.5 Å². The Bertz CT molecular complexity index is 1810. The van der Waals surface area contributed by atoms with Crippen LogP contribution < -0.4 is 34.9 Å². The molecule has 0 radical (unpaired) electrons. The molecule has 10 nitrogen and oxygen atoms in total. The van der Waals surface area contributed by atoms with Crippen LogP contribution >= 0.6 is 23.4 Å². The van der Waals surface area contributed by atoms with Gasteiger partial charge in [-0.2, -0.15) is 0 Å². The lowest BCUT2D eigenvalue weighted by molar-refractivity contribution is -0.115. The quantitative estimate of drug-likeness (QED) is 0.0994. The van der Waals surface area contributed by atoms with E-state index in [9.17, 15) is 14.4 Å². The topological polar surface area (TPSA) is 124 Å². The van der Waals surface area contributed by atoms with E-state index in [2.05, 4.69) is 16.0 Å². The van der Waals surface area contributed by atoms with Gasteiger partial charge < -0.3 is 34.9 Å². The van der Waals surface area contributed by atoms with Gasteiger partial charge in [0.25, 0.3) is 11.8 Å². The summed E-state index contributed by atoms with van der Waals surface area (Å²) in [5, 5.41) is 8.52. The fourth-order valence-electron chi connectivity index (χ4n) is 4.56. The fraction of sp³-hybridized carbons (Fsp3) is 0.194. The average Bonchev–Trinajstić information content (AvgIpc) is 3.09. The number of hydrogen-bond acceptors (Lipinski definition) is 8. The van der Waals surface area contributed by atoms with Crippen molar-refractivity contribution < 1.29 is 33.3 Å². The minimum Gasteiger partial charge on any atom is -0.495 e.